The Labute approximate surface area is 191 Å². The highest BCUT2D eigenvalue weighted by molar-refractivity contribution is 5.94. The largest absolute Gasteiger partial charge is 0.508 e. The lowest BCUT2D eigenvalue weighted by Gasteiger charge is -2.25. The van der Waals surface area contributed by atoms with Gasteiger partial charge in [0.25, 0.3) is 0 Å². The zero-order valence-electron chi connectivity index (χ0n) is 18.7. The van der Waals surface area contributed by atoms with Crippen LogP contribution in [0.4, 0.5) is 0 Å². The predicted molar refractivity (Wildman–Crippen MR) is 118 cm³/mol. The second kappa shape index (κ2) is 12.4. The van der Waals surface area contributed by atoms with Crippen LogP contribution in [0.5, 0.6) is 5.75 Å². The molecule has 0 aliphatic heterocycles. The molecule has 4 amide bonds. The molecule has 0 fully saturated rings. The summed E-state index contributed by atoms with van der Waals surface area (Å²) < 4.78 is 0. The number of carboxylic acids is 1. The summed E-state index contributed by atoms with van der Waals surface area (Å²) in [6.45, 7) is 4.67. The summed E-state index contributed by atoms with van der Waals surface area (Å²) in [7, 11) is 0. The molecule has 1 rings (SSSR count). The van der Waals surface area contributed by atoms with E-state index in [2.05, 4.69) is 16.0 Å². The number of phenols is 1. The molecule has 4 atom stereocenters. The standard InChI is InChI=1S/C21H31N5O7/c1-10(2)17(20(31)25-15(21(32)33)9-16(23)28)26-18(29)11(3)24-19(30)14(22)8-12-4-6-13(27)7-5-12/h4-7,10-11,14-15,17,27H,8-9,22H2,1-3H3,(H2,23,28)(H,24,30)(H,25,31)(H,26,29)(H,32,33). The van der Waals surface area contributed by atoms with Gasteiger partial charge in [0, 0.05) is 0 Å². The van der Waals surface area contributed by atoms with Crippen molar-refractivity contribution in [3.63, 3.8) is 0 Å². The maximum absolute atomic E-state index is 12.5. The van der Waals surface area contributed by atoms with Gasteiger partial charge in [0.1, 0.15) is 23.9 Å². The fraction of sp³-hybridized carbons (Fsp3) is 0.476. The van der Waals surface area contributed by atoms with E-state index >= 15 is 0 Å². The zero-order chi connectivity index (χ0) is 25.3. The van der Waals surface area contributed by atoms with Gasteiger partial charge in [-0.3, -0.25) is 19.2 Å². The number of benzene rings is 1. The van der Waals surface area contributed by atoms with Crippen molar-refractivity contribution in [2.45, 2.75) is 57.8 Å². The Balaban J connectivity index is 2.72. The van der Waals surface area contributed by atoms with Crippen LogP contribution >= 0.6 is 0 Å². The number of nitrogens with one attached hydrogen (secondary N) is 3. The molecule has 0 saturated carbocycles. The second-order valence-electron chi connectivity index (χ2n) is 8.01. The normalized spacial score (nSPS) is 14.5. The van der Waals surface area contributed by atoms with Gasteiger partial charge in [0.2, 0.25) is 23.6 Å². The number of primary amides is 1. The van der Waals surface area contributed by atoms with Gasteiger partial charge in [-0.1, -0.05) is 26.0 Å². The van der Waals surface area contributed by atoms with Gasteiger partial charge in [-0.25, -0.2) is 4.79 Å². The van der Waals surface area contributed by atoms with E-state index in [1.54, 1.807) is 26.0 Å². The molecule has 33 heavy (non-hydrogen) atoms. The third-order valence-corrected chi connectivity index (χ3v) is 4.75. The van der Waals surface area contributed by atoms with Crippen molar-refractivity contribution in [2.24, 2.45) is 17.4 Å². The van der Waals surface area contributed by atoms with E-state index in [-0.39, 0.29) is 12.2 Å². The number of carbonyl (C=O) groups is 5. The molecule has 0 aromatic heterocycles. The average Bonchev–Trinajstić information content (AvgIpc) is 2.71. The topological polar surface area (TPSA) is 214 Å². The van der Waals surface area contributed by atoms with E-state index < -0.39 is 66.1 Å². The minimum absolute atomic E-state index is 0.0788. The van der Waals surface area contributed by atoms with Crippen LogP contribution in [0.2, 0.25) is 0 Å². The molecule has 0 aliphatic carbocycles. The number of aromatic hydroxyl groups is 1. The smallest absolute Gasteiger partial charge is 0.326 e. The van der Waals surface area contributed by atoms with Gasteiger partial charge in [-0.05, 0) is 37.0 Å². The molecule has 12 heteroatoms. The van der Waals surface area contributed by atoms with Gasteiger partial charge in [-0.15, -0.1) is 0 Å². The summed E-state index contributed by atoms with van der Waals surface area (Å²) in [5, 5.41) is 25.6. The summed E-state index contributed by atoms with van der Waals surface area (Å²) in [5.74, 6) is -4.80. The van der Waals surface area contributed by atoms with Crippen molar-refractivity contribution >= 4 is 29.6 Å². The fourth-order valence-electron chi connectivity index (χ4n) is 2.84. The lowest BCUT2D eigenvalue weighted by molar-refractivity contribution is -0.144. The number of carbonyl (C=O) groups excluding carboxylic acids is 4. The molecule has 12 nitrogen and oxygen atoms in total. The first-order chi connectivity index (χ1) is 15.3. The van der Waals surface area contributed by atoms with Crippen molar-refractivity contribution in [1.82, 2.24) is 16.0 Å². The van der Waals surface area contributed by atoms with Crippen LogP contribution in [-0.2, 0) is 30.4 Å². The summed E-state index contributed by atoms with van der Waals surface area (Å²) in [4.78, 5) is 59.7. The summed E-state index contributed by atoms with van der Waals surface area (Å²) in [5.41, 5.74) is 11.6. The average molecular weight is 466 g/mol. The monoisotopic (exact) mass is 465 g/mol. The first-order valence-corrected chi connectivity index (χ1v) is 10.3. The van der Waals surface area contributed by atoms with Crippen LogP contribution in [0.1, 0.15) is 32.8 Å². The molecule has 182 valence electrons. The van der Waals surface area contributed by atoms with Crippen molar-refractivity contribution in [3.8, 4) is 5.75 Å². The minimum atomic E-state index is -1.54. The van der Waals surface area contributed by atoms with Gasteiger partial charge in [0.05, 0.1) is 12.5 Å². The number of hydrogen-bond donors (Lipinski definition) is 7. The van der Waals surface area contributed by atoms with Crippen LogP contribution in [0.3, 0.4) is 0 Å². The fourth-order valence-corrected chi connectivity index (χ4v) is 2.84. The number of nitrogens with two attached hydrogens (primary N) is 2. The van der Waals surface area contributed by atoms with Crippen molar-refractivity contribution in [3.05, 3.63) is 29.8 Å². The molecular formula is C21H31N5O7. The van der Waals surface area contributed by atoms with Gasteiger partial charge in [0.15, 0.2) is 0 Å². The molecule has 0 saturated heterocycles. The van der Waals surface area contributed by atoms with E-state index in [1.807, 2.05) is 0 Å². The van der Waals surface area contributed by atoms with Crippen LogP contribution < -0.4 is 27.4 Å². The Morgan fingerprint density at radius 2 is 1.48 bits per heavy atom. The number of hydrogen-bond acceptors (Lipinski definition) is 7. The van der Waals surface area contributed by atoms with E-state index in [4.69, 9.17) is 16.6 Å². The molecule has 0 spiro atoms. The number of carboxylic acid groups (broad SMARTS) is 1. The lowest BCUT2D eigenvalue weighted by Crippen LogP contribution is -2.58. The molecule has 1 aromatic carbocycles. The van der Waals surface area contributed by atoms with Crippen molar-refractivity contribution in [2.75, 3.05) is 0 Å². The third kappa shape index (κ3) is 9.15. The molecule has 0 bridgehead atoms. The highest BCUT2D eigenvalue weighted by Crippen LogP contribution is 2.11. The second-order valence-corrected chi connectivity index (χ2v) is 8.01. The minimum Gasteiger partial charge on any atom is -0.508 e. The number of amides is 4. The summed E-state index contributed by atoms with van der Waals surface area (Å²) in [6.07, 6.45) is -0.431. The lowest BCUT2D eigenvalue weighted by atomic mass is 10.0. The van der Waals surface area contributed by atoms with Crippen LogP contribution in [0, 0.1) is 5.92 Å². The molecule has 0 heterocycles. The molecule has 0 aliphatic rings. The number of phenolic OH excluding ortho intramolecular Hbond substituents is 1. The molecular weight excluding hydrogens is 434 g/mol. The van der Waals surface area contributed by atoms with E-state index in [1.165, 1.54) is 19.1 Å². The first kappa shape index (κ1) is 27.4. The van der Waals surface area contributed by atoms with Crippen LogP contribution in [0.15, 0.2) is 24.3 Å². The first-order valence-electron chi connectivity index (χ1n) is 10.3. The Hall–Kier alpha value is -3.67. The Kier molecular flexibility index (Phi) is 10.3. The number of aliphatic carboxylic acids is 1. The highest BCUT2D eigenvalue weighted by Gasteiger charge is 2.31. The molecule has 1 aromatic rings. The Morgan fingerprint density at radius 3 is 1.97 bits per heavy atom. The molecule has 0 radical (unpaired) electrons. The summed E-state index contributed by atoms with van der Waals surface area (Å²) >= 11 is 0. The van der Waals surface area contributed by atoms with Crippen molar-refractivity contribution in [1.29, 1.82) is 0 Å². The highest BCUT2D eigenvalue weighted by atomic mass is 16.4. The predicted octanol–water partition coefficient (Wildman–Crippen LogP) is -1.65. The Morgan fingerprint density at radius 1 is 0.909 bits per heavy atom. The zero-order valence-corrected chi connectivity index (χ0v) is 18.7. The maximum atomic E-state index is 12.5. The van der Waals surface area contributed by atoms with Gasteiger partial charge < -0.3 is 37.6 Å². The van der Waals surface area contributed by atoms with Crippen LogP contribution in [-0.4, -0.2) is 64.0 Å². The molecule has 9 N–H and O–H groups in total. The van der Waals surface area contributed by atoms with Gasteiger partial charge in [-0.2, -0.15) is 0 Å². The molecule has 4 unspecified atom stereocenters. The SMILES string of the molecule is CC(NC(=O)C(N)Cc1ccc(O)cc1)C(=O)NC(C(=O)NC(CC(N)=O)C(=O)O)C(C)C. The van der Waals surface area contributed by atoms with Gasteiger partial charge >= 0.3 is 5.97 Å². The third-order valence-electron chi connectivity index (χ3n) is 4.75. The van der Waals surface area contributed by atoms with Crippen molar-refractivity contribution < 1.29 is 34.2 Å². The maximum Gasteiger partial charge on any atom is 0.326 e. The van der Waals surface area contributed by atoms with E-state index in [9.17, 15) is 29.1 Å². The Bertz CT molecular complexity index is 872. The number of rotatable bonds is 12. The van der Waals surface area contributed by atoms with Crippen LogP contribution in [0.25, 0.3) is 0 Å². The van der Waals surface area contributed by atoms with E-state index in [0.29, 0.717) is 5.56 Å². The van der Waals surface area contributed by atoms with E-state index in [0.717, 1.165) is 0 Å². The summed E-state index contributed by atoms with van der Waals surface area (Å²) in [6, 6.07) is 1.50. The quantitative estimate of drug-likeness (QED) is 0.189.